The zero-order chi connectivity index (χ0) is 24.1. The maximum absolute atomic E-state index is 13.0. The molecular formula is C25H27N5O3S. The molecule has 0 bridgehead atoms. The number of piperidine rings is 1. The molecule has 3 aromatic rings. The molecule has 34 heavy (non-hydrogen) atoms. The zero-order valence-electron chi connectivity index (χ0n) is 19.2. The van der Waals surface area contributed by atoms with E-state index in [9.17, 15) is 14.4 Å². The van der Waals surface area contributed by atoms with E-state index >= 15 is 0 Å². The number of carbonyl (C=O) groups is 3. The predicted molar refractivity (Wildman–Crippen MR) is 131 cm³/mol. The van der Waals surface area contributed by atoms with Crippen LogP contribution < -0.4 is 10.6 Å². The van der Waals surface area contributed by atoms with E-state index in [4.69, 9.17) is 0 Å². The molecule has 0 unspecified atom stereocenters. The molecule has 0 aliphatic carbocycles. The summed E-state index contributed by atoms with van der Waals surface area (Å²) in [4.78, 5) is 39.8. The largest absolute Gasteiger partial charge is 0.352 e. The quantitative estimate of drug-likeness (QED) is 0.565. The average molecular weight is 478 g/mol. The van der Waals surface area contributed by atoms with Crippen LogP contribution in [0.5, 0.6) is 0 Å². The minimum Gasteiger partial charge on any atom is -0.352 e. The van der Waals surface area contributed by atoms with Gasteiger partial charge in [0.1, 0.15) is 0 Å². The van der Waals surface area contributed by atoms with Crippen LogP contribution in [0.2, 0.25) is 0 Å². The van der Waals surface area contributed by atoms with Gasteiger partial charge >= 0.3 is 0 Å². The summed E-state index contributed by atoms with van der Waals surface area (Å²) in [5, 5.41) is 13.8. The van der Waals surface area contributed by atoms with Crippen molar-refractivity contribution >= 4 is 34.7 Å². The van der Waals surface area contributed by atoms with E-state index < -0.39 is 5.91 Å². The summed E-state index contributed by atoms with van der Waals surface area (Å²) in [7, 11) is 0. The van der Waals surface area contributed by atoms with Crippen LogP contribution in [0.1, 0.15) is 49.1 Å². The van der Waals surface area contributed by atoms with Gasteiger partial charge in [-0.15, -0.1) is 10.2 Å². The van der Waals surface area contributed by atoms with Crippen LogP contribution >= 0.6 is 11.3 Å². The number of hydrogen-bond acceptors (Lipinski definition) is 6. The SMILES string of the molecule is Cc1ccc(CNC(=O)[C@H]2CCCN(C(=O)c3nnc(C(=O)Nc4ccc(C)cc4)s3)C2)cc1. The molecule has 1 fully saturated rings. The minimum atomic E-state index is -0.410. The van der Waals surface area contributed by atoms with Crippen molar-refractivity contribution in [3.8, 4) is 0 Å². The number of rotatable bonds is 6. The summed E-state index contributed by atoms with van der Waals surface area (Å²) < 4.78 is 0. The first-order valence-corrected chi connectivity index (χ1v) is 12.0. The number of benzene rings is 2. The Kier molecular flexibility index (Phi) is 7.32. The number of hydrogen-bond donors (Lipinski definition) is 2. The summed E-state index contributed by atoms with van der Waals surface area (Å²) in [6, 6.07) is 15.4. The van der Waals surface area contributed by atoms with Gasteiger partial charge in [-0.1, -0.05) is 58.9 Å². The van der Waals surface area contributed by atoms with Gasteiger partial charge in [-0.2, -0.15) is 0 Å². The zero-order valence-corrected chi connectivity index (χ0v) is 20.0. The minimum absolute atomic E-state index is 0.0616. The number of anilines is 1. The average Bonchev–Trinajstić information content (AvgIpc) is 3.35. The Morgan fingerprint density at radius 3 is 2.32 bits per heavy atom. The van der Waals surface area contributed by atoms with Gasteiger partial charge in [-0.25, -0.2) is 0 Å². The maximum atomic E-state index is 13.0. The van der Waals surface area contributed by atoms with E-state index in [0.717, 1.165) is 35.3 Å². The molecule has 1 aromatic heterocycles. The molecule has 1 saturated heterocycles. The van der Waals surface area contributed by atoms with E-state index in [1.165, 1.54) is 5.56 Å². The van der Waals surface area contributed by atoms with Crippen molar-refractivity contribution in [1.82, 2.24) is 20.4 Å². The Bertz CT molecular complexity index is 1170. The number of aryl methyl sites for hydroxylation is 2. The highest BCUT2D eigenvalue weighted by atomic mass is 32.1. The maximum Gasteiger partial charge on any atom is 0.286 e. The molecule has 0 spiro atoms. The fraction of sp³-hybridized carbons (Fsp3) is 0.320. The predicted octanol–water partition coefficient (Wildman–Crippen LogP) is 3.58. The highest BCUT2D eigenvalue weighted by Gasteiger charge is 2.30. The van der Waals surface area contributed by atoms with Gasteiger partial charge in [-0.05, 0) is 44.4 Å². The molecule has 176 valence electrons. The van der Waals surface area contributed by atoms with Gasteiger partial charge < -0.3 is 15.5 Å². The van der Waals surface area contributed by atoms with Gasteiger partial charge in [-0.3, -0.25) is 14.4 Å². The van der Waals surface area contributed by atoms with E-state index in [1.54, 1.807) is 17.0 Å². The second kappa shape index (κ2) is 10.6. The molecular weight excluding hydrogens is 450 g/mol. The summed E-state index contributed by atoms with van der Waals surface area (Å²) >= 11 is 0.957. The Labute approximate surface area is 202 Å². The molecule has 2 N–H and O–H groups in total. The first-order chi connectivity index (χ1) is 16.4. The van der Waals surface area contributed by atoms with Gasteiger partial charge in [0.2, 0.25) is 15.9 Å². The van der Waals surface area contributed by atoms with E-state index in [2.05, 4.69) is 20.8 Å². The van der Waals surface area contributed by atoms with Crippen LogP contribution in [0.4, 0.5) is 5.69 Å². The summed E-state index contributed by atoms with van der Waals surface area (Å²) in [5.74, 6) is -1.05. The lowest BCUT2D eigenvalue weighted by Crippen LogP contribution is -2.45. The Hall–Kier alpha value is -3.59. The van der Waals surface area contributed by atoms with E-state index in [-0.39, 0.29) is 27.7 Å². The molecule has 3 amide bonds. The molecule has 1 atom stereocenters. The fourth-order valence-electron chi connectivity index (χ4n) is 3.77. The number of amides is 3. The molecule has 9 heteroatoms. The normalized spacial score (nSPS) is 15.6. The summed E-state index contributed by atoms with van der Waals surface area (Å²) in [5.41, 5.74) is 3.94. The lowest BCUT2D eigenvalue weighted by atomic mass is 9.97. The number of carbonyl (C=O) groups excluding carboxylic acids is 3. The molecule has 2 heterocycles. The Morgan fingerprint density at radius 2 is 1.62 bits per heavy atom. The van der Waals surface area contributed by atoms with Gasteiger partial charge in [0.05, 0.1) is 5.92 Å². The third-order valence-electron chi connectivity index (χ3n) is 5.78. The first-order valence-electron chi connectivity index (χ1n) is 11.2. The van der Waals surface area contributed by atoms with E-state index in [0.29, 0.717) is 25.3 Å². The highest BCUT2D eigenvalue weighted by molar-refractivity contribution is 7.15. The number of likely N-dealkylation sites (tertiary alicyclic amines) is 1. The Balaban J connectivity index is 1.33. The van der Waals surface area contributed by atoms with Crippen molar-refractivity contribution in [3.05, 3.63) is 75.2 Å². The van der Waals surface area contributed by atoms with Gasteiger partial charge in [0.15, 0.2) is 0 Å². The molecule has 0 saturated carbocycles. The van der Waals surface area contributed by atoms with Crippen LogP contribution in [0.25, 0.3) is 0 Å². The number of nitrogens with one attached hydrogen (secondary N) is 2. The monoisotopic (exact) mass is 477 g/mol. The van der Waals surface area contributed by atoms with Gasteiger partial charge in [0.25, 0.3) is 11.8 Å². The third kappa shape index (κ3) is 5.85. The molecule has 1 aliphatic rings. The van der Waals surface area contributed by atoms with Crippen LogP contribution in [-0.2, 0) is 11.3 Å². The molecule has 0 radical (unpaired) electrons. The van der Waals surface area contributed by atoms with Crippen molar-refractivity contribution in [2.75, 3.05) is 18.4 Å². The fourth-order valence-corrected chi connectivity index (χ4v) is 4.48. The smallest absolute Gasteiger partial charge is 0.286 e. The second-order valence-corrected chi connectivity index (χ2v) is 9.50. The number of nitrogens with zero attached hydrogens (tertiary/aromatic N) is 3. The van der Waals surface area contributed by atoms with Gasteiger partial charge in [0, 0.05) is 25.3 Å². The van der Waals surface area contributed by atoms with Crippen molar-refractivity contribution in [1.29, 1.82) is 0 Å². The number of aromatic nitrogens is 2. The van der Waals surface area contributed by atoms with Crippen molar-refractivity contribution in [2.24, 2.45) is 5.92 Å². The Morgan fingerprint density at radius 1 is 0.971 bits per heavy atom. The summed E-state index contributed by atoms with van der Waals surface area (Å²) in [6.07, 6.45) is 1.46. The van der Waals surface area contributed by atoms with Crippen LogP contribution in [0, 0.1) is 19.8 Å². The van der Waals surface area contributed by atoms with Crippen LogP contribution in [0.15, 0.2) is 48.5 Å². The van der Waals surface area contributed by atoms with Crippen LogP contribution in [0.3, 0.4) is 0 Å². The lowest BCUT2D eigenvalue weighted by molar-refractivity contribution is -0.126. The van der Waals surface area contributed by atoms with E-state index in [1.807, 2.05) is 50.2 Å². The molecule has 8 nitrogen and oxygen atoms in total. The lowest BCUT2D eigenvalue weighted by Gasteiger charge is -2.31. The topological polar surface area (TPSA) is 104 Å². The van der Waals surface area contributed by atoms with Crippen molar-refractivity contribution in [2.45, 2.75) is 33.2 Å². The second-order valence-electron chi connectivity index (χ2n) is 8.53. The molecule has 4 rings (SSSR count). The van der Waals surface area contributed by atoms with Crippen molar-refractivity contribution < 1.29 is 14.4 Å². The van der Waals surface area contributed by atoms with Crippen LogP contribution in [-0.4, -0.2) is 45.9 Å². The molecule has 1 aliphatic heterocycles. The molecule has 2 aromatic carbocycles. The third-order valence-corrected chi connectivity index (χ3v) is 6.69. The first kappa shape index (κ1) is 23.6. The van der Waals surface area contributed by atoms with Crippen molar-refractivity contribution in [3.63, 3.8) is 0 Å². The summed E-state index contributed by atoms with van der Waals surface area (Å²) in [6.45, 7) is 5.31. The standard InChI is InChI=1S/C25H27N5O3S/c1-16-5-9-18(10-6-16)14-26-21(31)19-4-3-13-30(15-19)25(33)24-29-28-23(34-24)22(32)27-20-11-7-17(2)8-12-20/h5-12,19H,3-4,13-15H2,1-2H3,(H,26,31)(H,27,32)/t19-/m0/s1. The highest BCUT2D eigenvalue weighted by Crippen LogP contribution is 2.21.